The molecule has 0 aromatic carbocycles. The van der Waals surface area contributed by atoms with Crippen LogP contribution < -0.4 is 0 Å². The van der Waals surface area contributed by atoms with Gasteiger partial charge in [0, 0.05) is 25.1 Å². The highest BCUT2D eigenvalue weighted by Crippen LogP contribution is 2.26. The minimum atomic E-state index is -0.968. The average Bonchev–Trinajstić information content (AvgIpc) is 2.56. The lowest BCUT2D eigenvalue weighted by atomic mass is 10.00. The van der Waals surface area contributed by atoms with Crippen LogP contribution in [0.5, 0.6) is 0 Å². The van der Waals surface area contributed by atoms with Gasteiger partial charge >= 0.3 is 12.1 Å². The first kappa shape index (κ1) is 20.7. The van der Waals surface area contributed by atoms with E-state index in [-0.39, 0.29) is 24.3 Å². The van der Waals surface area contributed by atoms with Crippen LogP contribution >= 0.6 is 0 Å². The first-order valence-electron chi connectivity index (χ1n) is 9.35. The van der Waals surface area contributed by atoms with Crippen molar-refractivity contribution < 1.29 is 28.5 Å². The third kappa shape index (κ3) is 4.98. The Morgan fingerprint density at radius 3 is 2.50 bits per heavy atom. The second kappa shape index (κ2) is 9.37. The molecular weight excluding hydrogens is 338 g/mol. The Hall–Kier alpha value is -1.60. The SMILES string of the molecule is COC(=O)[C@@H]1O[C@H]2CCCO[C@@H]2/C=C\C[C@@H]1OC(=O)N(C(C)C)C(C)C. The number of ether oxygens (including phenoxy) is 4. The molecule has 2 aliphatic heterocycles. The molecule has 0 aromatic rings. The van der Waals surface area contributed by atoms with Crippen LogP contribution in [0.25, 0.3) is 0 Å². The molecule has 7 nitrogen and oxygen atoms in total. The number of hydrogen-bond donors (Lipinski definition) is 0. The molecule has 0 aliphatic carbocycles. The molecule has 1 saturated heterocycles. The highest BCUT2D eigenvalue weighted by molar-refractivity contribution is 5.76. The molecule has 0 spiro atoms. The number of esters is 1. The van der Waals surface area contributed by atoms with E-state index >= 15 is 0 Å². The van der Waals surface area contributed by atoms with Gasteiger partial charge < -0.3 is 23.8 Å². The van der Waals surface area contributed by atoms with Crippen molar-refractivity contribution in [1.29, 1.82) is 0 Å². The second-order valence-electron chi connectivity index (χ2n) is 7.28. The summed E-state index contributed by atoms with van der Waals surface area (Å²) in [6.07, 6.45) is 3.24. The molecule has 26 heavy (non-hydrogen) atoms. The van der Waals surface area contributed by atoms with E-state index in [2.05, 4.69) is 0 Å². The van der Waals surface area contributed by atoms with Crippen molar-refractivity contribution in [3.63, 3.8) is 0 Å². The van der Waals surface area contributed by atoms with Gasteiger partial charge in [0.25, 0.3) is 0 Å². The molecular formula is C19H31NO6. The summed E-state index contributed by atoms with van der Waals surface area (Å²) in [4.78, 5) is 26.6. The standard InChI is InChI=1S/C19H31NO6/c1-12(2)20(13(3)4)19(22)26-16-9-6-8-14-15(10-7-11-24-14)25-17(16)18(21)23-5/h6,8,12-17H,7,9-11H2,1-5H3/b8-6-/t14-,15+,16+,17-/m1/s1. The summed E-state index contributed by atoms with van der Waals surface area (Å²) in [5.74, 6) is -0.539. The Kier molecular flexibility index (Phi) is 7.46. The van der Waals surface area contributed by atoms with Crippen molar-refractivity contribution in [1.82, 2.24) is 4.90 Å². The predicted molar refractivity (Wildman–Crippen MR) is 95.8 cm³/mol. The van der Waals surface area contributed by atoms with Gasteiger partial charge in [-0.05, 0) is 40.5 Å². The summed E-state index contributed by atoms with van der Waals surface area (Å²) in [5, 5.41) is 0. The number of rotatable bonds is 4. The first-order valence-corrected chi connectivity index (χ1v) is 9.35. The minimum absolute atomic E-state index is 0.0137. The Labute approximate surface area is 155 Å². The number of methoxy groups -OCH3 is 1. The molecule has 0 saturated carbocycles. The Balaban J connectivity index is 2.19. The third-order valence-corrected chi connectivity index (χ3v) is 4.67. The Morgan fingerprint density at radius 1 is 1.19 bits per heavy atom. The molecule has 1 amide bonds. The van der Waals surface area contributed by atoms with E-state index in [1.165, 1.54) is 7.11 Å². The maximum Gasteiger partial charge on any atom is 0.410 e. The normalized spacial score (nSPS) is 30.1. The van der Waals surface area contributed by atoms with E-state index in [1.54, 1.807) is 4.90 Å². The van der Waals surface area contributed by atoms with Gasteiger partial charge in [-0.15, -0.1) is 0 Å². The van der Waals surface area contributed by atoms with Gasteiger partial charge in [0.15, 0.2) is 6.10 Å². The summed E-state index contributed by atoms with van der Waals surface area (Å²) >= 11 is 0. The van der Waals surface area contributed by atoms with E-state index < -0.39 is 24.3 Å². The van der Waals surface area contributed by atoms with Crippen molar-refractivity contribution >= 4 is 12.1 Å². The highest BCUT2D eigenvalue weighted by atomic mass is 16.6. The lowest BCUT2D eigenvalue weighted by Crippen LogP contribution is -2.50. The largest absolute Gasteiger partial charge is 0.467 e. The van der Waals surface area contributed by atoms with Crippen LogP contribution in [0.15, 0.2) is 12.2 Å². The summed E-state index contributed by atoms with van der Waals surface area (Å²) in [6, 6.07) is -0.0274. The van der Waals surface area contributed by atoms with Crippen LogP contribution in [0, 0.1) is 0 Å². The second-order valence-corrected chi connectivity index (χ2v) is 7.28. The number of fused-ring (bicyclic) bond motifs is 1. The van der Waals surface area contributed by atoms with Crippen LogP contribution in [0.2, 0.25) is 0 Å². The molecule has 0 bridgehead atoms. The lowest BCUT2D eigenvalue weighted by molar-refractivity contribution is -0.181. The first-order chi connectivity index (χ1) is 12.3. The molecule has 0 unspecified atom stereocenters. The maximum atomic E-state index is 12.7. The van der Waals surface area contributed by atoms with Crippen LogP contribution in [-0.2, 0) is 23.7 Å². The van der Waals surface area contributed by atoms with Crippen molar-refractivity contribution in [2.75, 3.05) is 13.7 Å². The monoisotopic (exact) mass is 369 g/mol. The van der Waals surface area contributed by atoms with E-state index in [0.29, 0.717) is 13.0 Å². The summed E-state index contributed by atoms with van der Waals surface area (Å²) in [7, 11) is 1.31. The van der Waals surface area contributed by atoms with Gasteiger partial charge in [0.1, 0.15) is 12.2 Å². The van der Waals surface area contributed by atoms with Crippen molar-refractivity contribution in [3.05, 3.63) is 12.2 Å². The summed E-state index contributed by atoms with van der Waals surface area (Å²) in [6.45, 7) is 8.39. The lowest BCUT2D eigenvalue weighted by Gasteiger charge is -2.37. The zero-order chi connectivity index (χ0) is 19.3. The zero-order valence-electron chi connectivity index (χ0n) is 16.3. The van der Waals surface area contributed by atoms with Crippen molar-refractivity contribution in [2.45, 2.75) is 83.5 Å². The molecule has 0 aromatic heterocycles. The fourth-order valence-electron chi connectivity index (χ4n) is 3.49. The van der Waals surface area contributed by atoms with Gasteiger partial charge in [-0.25, -0.2) is 9.59 Å². The smallest absolute Gasteiger partial charge is 0.410 e. The summed E-state index contributed by atoms with van der Waals surface area (Å²) in [5.41, 5.74) is 0. The number of carbonyl (C=O) groups is 2. The molecule has 2 aliphatic rings. The van der Waals surface area contributed by atoms with Gasteiger partial charge in [-0.2, -0.15) is 0 Å². The molecule has 1 fully saturated rings. The summed E-state index contributed by atoms with van der Waals surface area (Å²) < 4.78 is 22.3. The number of carbonyl (C=O) groups excluding carboxylic acids is 2. The number of amides is 1. The van der Waals surface area contributed by atoms with Crippen molar-refractivity contribution in [2.24, 2.45) is 0 Å². The molecule has 2 rings (SSSR count). The minimum Gasteiger partial charge on any atom is -0.467 e. The number of nitrogens with zero attached hydrogens (tertiary/aromatic N) is 1. The van der Waals surface area contributed by atoms with E-state index in [0.717, 1.165) is 12.8 Å². The average molecular weight is 369 g/mol. The van der Waals surface area contributed by atoms with Crippen LogP contribution in [-0.4, -0.2) is 67.2 Å². The van der Waals surface area contributed by atoms with Crippen molar-refractivity contribution in [3.8, 4) is 0 Å². The molecule has 2 heterocycles. The molecule has 7 heteroatoms. The van der Waals surface area contributed by atoms with Crippen LogP contribution in [0.1, 0.15) is 47.0 Å². The van der Waals surface area contributed by atoms with Gasteiger partial charge in [0.05, 0.1) is 13.2 Å². The maximum absolute atomic E-state index is 12.7. The molecule has 0 N–H and O–H groups in total. The van der Waals surface area contributed by atoms with E-state index in [1.807, 2.05) is 39.8 Å². The fourth-order valence-corrected chi connectivity index (χ4v) is 3.49. The van der Waals surface area contributed by atoms with Crippen LogP contribution in [0.4, 0.5) is 4.79 Å². The topological polar surface area (TPSA) is 74.3 Å². The molecule has 4 atom stereocenters. The Bertz CT molecular complexity index is 510. The molecule has 148 valence electrons. The van der Waals surface area contributed by atoms with Crippen LogP contribution in [0.3, 0.4) is 0 Å². The van der Waals surface area contributed by atoms with Gasteiger partial charge in [-0.1, -0.05) is 12.2 Å². The van der Waals surface area contributed by atoms with E-state index in [9.17, 15) is 9.59 Å². The third-order valence-electron chi connectivity index (χ3n) is 4.67. The zero-order valence-corrected chi connectivity index (χ0v) is 16.3. The van der Waals surface area contributed by atoms with Gasteiger partial charge in [-0.3, -0.25) is 0 Å². The molecule has 0 radical (unpaired) electrons. The fraction of sp³-hybridized carbons (Fsp3) is 0.789. The van der Waals surface area contributed by atoms with E-state index in [4.69, 9.17) is 18.9 Å². The quantitative estimate of drug-likeness (QED) is 0.560. The Morgan fingerprint density at radius 2 is 1.88 bits per heavy atom. The highest BCUT2D eigenvalue weighted by Gasteiger charge is 2.40. The van der Waals surface area contributed by atoms with Gasteiger partial charge in [0.2, 0.25) is 0 Å². The predicted octanol–water partition coefficient (Wildman–Crippen LogP) is 2.68. The number of hydrogen-bond acceptors (Lipinski definition) is 6.